The highest BCUT2D eigenvalue weighted by Crippen LogP contribution is 2.29. The van der Waals surface area contributed by atoms with E-state index in [1.807, 2.05) is 12.1 Å². The number of hydrogen-bond donors (Lipinski definition) is 2. The number of nitrogen functional groups attached to an aromatic ring is 2. The molecule has 1 aliphatic rings. The summed E-state index contributed by atoms with van der Waals surface area (Å²) in [6.07, 6.45) is 0. The summed E-state index contributed by atoms with van der Waals surface area (Å²) in [4.78, 5) is 4.68. The molecule has 1 aromatic rings. The fourth-order valence-electron chi connectivity index (χ4n) is 2.59. The molecular formula is C13H22N4. The molecule has 0 saturated carbocycles. The molecule has 94 valence electrons. The quantitative estimate of drug-likeness (QED) is 0.756. The van der Waals surface area contributed by atoms with Crippen LogP contribution in [0, 0.1) is 5.92 Å². The predicted molar refractivity (Wildman–Crippen MR) is 74.1 cm³/mol. The van der Waals surface area contributed by atoms with Gasteiger partial charge in [-0.25, -0.2) is 0 Å². The van der Waals surface area contributed by atoms with Crippen LogP contribution in [0.25, 0.3) is 0 Å². The van der Waals surface area contributed by atoms with Gasteiger partial charge in [0.2, 0.25) is 0 Å². The van der Waals surface area contributed by atoms with Crippen molar-refractivity contribution in [2.24, 2.45) is 5.92 Å². The van der Waals surface area contributed by atoms with Gasteiger partial charge in [0, 0.05) is 24.8 Å². The number of hydrogen-bond acceptors (Lipinski definition) is 4. The molecule has 0 aromatic heterocycles. The number of rotatable bonds is 2. The lowest BCUT2D eigenvalue weighted by molar-refractivity contribution is 0.266. The number of anilines is 3. The maximum atomic E-state index is 5.86. The Bertz CT molecular complexity index is 402. The predicted octanol–water partition coefficient (Wildman–Crippen LogP) is 1.24. The van der Waals surface area contributed by atoms with E-state index < -0.39 is 0 Å². The van der Waals surface area contributed by atoms with Gasteiger partial charge >= 0.3 is 0 Å². The first-order chi connectivity index (χ1) is 7.99. The van der Waals surface area contributed by atoms with Crippen molar-refractivity contribution >= 4 is 17.1 Å². The van der Waals surface area contributed by atoms with Gasteiger partial charge in [0.05, 0.1) is 11.4 Å². The first-order valence-corrected chi connectivity index (χ1v) is 6.05. The Labute approximate surface area is 103 Å². The molecular weight excluding hydrogens is 212 g/mol. The Morgan fingerprint density at radius 1 is 1.18 bits per heavy atom. The zero-order valence-corrected chi connectivity index (χ0v) is 10.9. The number of benzene rings is 1. The minimum atomic E-state index is 0.605. The van der Waals surface area contributed by atoms with E-state index in [2.05, 4.69) is 36.9 Å². The average Bonchev–Trinajstić information content (AvgIpc) is 2.64. The Hall–Kier alpha value is -1.42. The highest BCUT2D eigenvalue weighted by molar-refractivity contribution is 5.70. The van der Waals surface area contributed by atoms with Crippen LogP contribution in [-0.2, 0) is 0 Å². The summed E-state index contributed by atoms with van der Waals surface area (Å²) in [5.74, 6) is 0.670. The van der Waals surface area contributed by atoms with E-state index in [0.717, 1.165) is 13.1 Å². The van der Waals surface area contributed by atoms with Crippen LogP contribution < -0.4 is 16.4 Å². The molecule has 0 radical (unpaired) electrons. The zero-order valence-electron chi connectivity index (χ0n) is 10.9. The Morgan fingerprint density at radius 2 is 1.88 bits per heavy atom. The molecule has 4 heteroatoms. The van der Waals surface area contributed by atoms with Crippen molar-refractivity contribution in [2.75, 3.05) is 43.6 Å². The molecule has 0 aliphatic carbocycles. The Balaban J connectivity index is 2.17. The van der Waals surface area contributed by atoms with Crippen LogP contribution in [0.3, 0.4) is 0 Å². The smallest absolute Gasteiger partial charge is 0.0568 e. The van der Waals surface area contributed by atoms with Crippen molar-refractivity contribution in [1.82, 2.24) is 4.90 Å². The van der Waals surface area contributed by atoms with Gasteiger partial charge in [0.15, 0.2) is 0 Å². The summed E-state index contributed by atoms with van der Waals surface area (Å²) >= 11 is 0. The van der Waals surface area contributed by atoms with Gasteiger partial charge in [-0.3, -0.25) is 0 Å². The second-order valence-electron chi connectivity index (χ2n) is 5.23. The molecule has 1 saturated heterocycles. The number of likely N-dealkylation sites (N-methyl/N-ethyl adjacent to an activating group) is 1. The third kappa shape index (κ3) is 2.31. The second-order valence-corrected chi connectivity index (χ2v) is 5.23. The van der Waals surface area contributed by atoms with E-state index in [0.29, 0.717) is 23.3 Å². The summed E-state index contributed by atoms with van der Waals surface area (Å²) in [7, 11) is 4.28. The Morgan fingerprint density at radius 3 is 2.41 bits per heavy atom. The standard InChI is InChI=1S/C13H22N4/c1-9-7-17(8-13(9)16(2)3)10-4-5-11(14)12(15)6-10/h4-6,9,13H,7-8,14-15H2,1-3H3. The second kappa shape index (κ2) is 4.45. The molecule has 1 heterocycles. The van der Waals surface area contributed by atoms with Gasteiger partial charge in [0.25, 0.3) is 0 Å². The van der Waals surface area contributed by atoms with Gasteiger partial charge < -0.3 is 21.3 Å². The lowest BCUT2D eigenvalue weighted by Crippen LogP contribution is -2.34. The van der Waals surface area contributed by atoms with Crippen molar-refractivity contribution in [2.45, 2.75) is 13.0 Å². The molecule has 2 rings (SSSR count). The van der Waals surface area contributed by atoms with Crippen molar-refractivity contribution in [3.63, 3.8) is 0 Å². The van der Waals surface area contributed by atoms with Crippen LogP contribution in [0.15, 0.2) is 18.2 Å². The first-order valence-electron chi connectivity index (χ1n) is 6.05. The van der Waals surface area contributed by atoms with Gasteiger partial charge in [-0.15, -0.1) is 0 Å². The molecule has 17 heavy (non-hydrogen) atoms. The maximum absolute atomic E-state index is 5.86. The van der Waals surface area contributed by atoms with Gasteiger partial charge in [0.1, 0.15) is 0 Å². The van der Waals surface area contributed by atoms with E-state index >= 15 is 0 Å². The molecule has 0 bridgehead atoms. The number of nitrogens with two attached hydrogens (primary N) is 2. The van der Waals surface area contributed by atoms with Crippen LogP contribution in [0.2, 0.25) is 0 Å². The van der Waals surface area contributed by atoms with Crippen molar-refractivity contribution in [3.05, 3.63) is 18.2 Å². The van der Waals surface area contributed by atoms with E-state index in [1.54, 1.807) is 0 Å². The molecule has 0 amide bonds. The Kier molecular flexibility index (Phi) is 3.15. The van der Waals surface area contributed by atoms with Gasteiger partial charge in [-0.05, 0) is 38.2 Å². The molecule has 2 unspecified atom stereocenters. The lowest BCUT2D eigenvalue weighted by Gasteiger charge is -2.23. The third-order valence-corrected chi connectivity index (χ3v) is 3.67. The summed E-state index contributed by atoms with van der Waals surface area (Å²) < 4.78 is 0. The molecule has 1 aliphatic heterocycles. The monoisotopic (exact) mass is 234 g/mol. The van der Waals surface area contributed by atoms with E-state index in [9.17, 15) is 0 Å². The van der Waals surface area contributed by atoms with Crippen LogP contribution in [0.5, 0.6) is 0 Å². The largest absolute Gasteiger partial charge is 0.397 e. The molecule has 4 N–H and O–H groups in total. The molecule has 2 atom stereocenters. The van der Waals surface area contributed by atoms with Crippen molar-refractivity contribution in [1.29, 1.82) is 0 Å². The normalized spacial score (nSPS) is 24.6. The summed E-state index contributed by atoms with van der Waals surface area (Å²) in [6.45, 7) is 4.43. The SMILES string of the molecule is CC1CN(c2ccc(N)c(N)c2)CC1N(C)C. The van der Waals surface area contributed by atoms with Gasteiger partial charge in [-0.2, -0.15) is 0 Å². The van der Waals surface area contributed by atoms with Crippen LogP contribution in [0.4, 0.5) is 17.1 Å². The van der Waals surface area contributed by atoms with E-state index in [-0.39, 0.29) is 0 Å². The highest BCUT2D eigenvalue weighted by atomic mass is 15.2. The van der Waals surface area contributed by atoms with Crippen LogP contribution in [0.1, 0.15) is 6.92 Å². The van der Waals surface area contributed by atoms with E-state index in [1.165, 1.54) is 5.69 Å². The molecule has 0 spiro atoms. The van der Waals surface area contributed by atoms with Gasteiger partial charge in [-0.1, -0.05) is 6.92 Å². The molecule has 4 nitrogen and oxygen atoms in total. The summed E-state index contributed by atoms with van der Waals surface area (Å²) in [6, 6.07) is 6.52. The van der Waals surface area contributed by atoms with Crippen LogP contribution in [-0.4, -0.2) is 38.1 Å². The molecule has 1 fully saturated rings. The average molecular weight is 234 g/mol. The highest BCUT2D eigenvalue weighted by Gasteiger charge is 2.31. The minimum Gasteiger partial charge on any atom is -0.397 e. The summed E-state index contributed by atoms with van der Waals surface area (Å²) in [5, 5.41) is 0. The first kappa shape index (κ1) is 12.0. The molecule has 1 aromatic carbocycles. The topological polar surface area (TPSA) is 58.5 Å². The number of nitrogens with zero attached hydrogens (tertiary/aromatic N) is 2. The van der Waals surface area contributed by atoms with Crippen LogP contribution >= 0.6 is 0 Å². The lowest BCUT2D eigenvalue weighted by atomic mass is 10.1. The van der Waals surface area contributed by atoms with E-state index in [4.69, 9.17) is 11.5 Å². The fourth-order valence-corrected chi connectivity index (χ4v) is 2.59. The fraction of sp³-hybridized carbons (Fsp3) is 0.538. The minimum absolute atomic E-state index is 0.605. The zero-order chi connectivity index (χ0) is 12.6. The van der Waals surface area contributed by atoms with Crippen molar-refractivity contribution < 1.29 is 0 Å². The maximum Gasteiger partial charge on any atom is 0.0568 e. The third-order valence-electron chi connectivity index (χ3n) is 3.67. The summed E-state index contributed by atoms with van der Waals surface area (Å²) in [5.41, 5.74) is 14.1. The van der Waals surface area contributed by atoms with Crippen molar-refractivity contribution in [3.8, 4) is 0 Å².